The highest BCUT2D eigenvalue weighted by atomic mass is 16.6. The molecule has 1 fully saturated rings. The van der Waals surface area contributed by atoms with E-state index in [4.69, 9.17) is 8.94 Å². The van der Waals surface area contributed by atoms with E-state index in [1.807, 2.05) is 18.7 Å². The van der Waals surface area contributed by atoms with Crippen LogP contribution in [0.25, 0.3) is 11.3 Å². The van der Waals surface area contributed by atoms with Gasteiger partial charge in [-0.05, 0) is 13.8 Å². The fourth-order valence-electron chi connectivity index (χ4n) is 3.82. The van der Waals surface area contributed by atoms with Crippen LogP contribution in [0.2, 0.25) is 0 Å². The molecule has 3 heterocycles. The fourth-order valence-corrected chi connectivity index (χ4v) is 3.82. The first kappa shape index (κ1) is 21.7. The van der Waals surface area contributed by atoms with Crippen LogP contribution < -0.4 is 0 Å². The van der Waals surface area contributed by atoms with Crippen LogP contribution in [0.1, 0.15) is 22.9 Å². The molecule has 1 saturated heterocycles. The number of benzene rings is 1. The Hall–Kier alpha value is -3.53. The van der Waals surface area contributed by atoms with E-state index in [9.17, 15) is 14.9 Å². The van der Waals surface area contributed by atoms with E-state index in [0.717, 1.165) is 30.9 Å². The molecule has 0 aliphatic carbocycles. The topological polar surface area (TPSA) is 119 Å². The first-order chi connectivity index (χ1) is 15.4. The summed E-state index contributed by atoms with van der Waals surface area (Å²) in [4.78, 5) is 31.6. The maximum Gasteiger partial charge on any atom is 0.270 e. The zero-order valence-electron chi connectivity index (χ0n) is 18.1. The number of oxazole rings is 1. The zero-order chi connectivity index (χ0) is 22.7. The van der Waals surface area contributed by atoms with E-state index in [-0.39, 0.29) is 11.6 Å². The minimum Gasteiger partial charge on any atom is -0.441 e. The van der Waals surface area contributed by atoms with E-state index in [2.05, 4.69) is 15.0 Å². The van der Waals surface area contributed by atoms with Gasteiger partial charge in [0.15, 0.2) is 11.7 Å². The Morgan fingerprint density at radius 2 is 2.00 bits per heavy atom. The lowest BCUT2D eigenvalue weighted by Gasteiger charge is -2.34. The molecule has 0 radical (unpaired) electrons. The second-order valence-corrected chi connectivity index (χ2v) is 7.88. The van der Waals surface area contributed by atoms with Crippen molar-refractivity contribution < 1.29 is 18.7 Å². The van der Waals surface area contributed by atoms with Gasteiger partial charge < -0.3 is 13.8 Å². The van der Waals surface area contributed by atoms with Gasteiger partial charge in [-0.3, -0.25) is 19.8 Å². The number of non-ortho nitro benzene ring substituents is 1. The summed E-state index contributed by atoms with van der Waals surface area (Å²) < 4.78 is 10.9. The van der Waals surface area contributed by atoms with E-state index < -0.39 is 4.92 Å². The van der Waals surface area contributed by atoms with Gasteiger partial charge in [-0.15, -0.1) is 0 Å². The predicted octanol–water partition coefficient (Wildman–Crippen LogP) is 2.78. The molecule has 10 nitrogen and oxygen atoms in total. The van der Waals surface area contributed by atoms with E-state index in [0.29, 0.717) is 48.9 Å². The van der Waals surface area contributed by atoms with E-state index in [1.165, 1.54) is 12.1 Å². The van der Waals surface area contributed by atoms with Gasteiger partial charge in [-0.25, -0.2) is 4.98 Å². The summed E-state index contributed by atoms with van der Waals surface area (Å²) in [6.45, 7) is 7.36. The van der Waals surface area contributed by atoms with Crippen molar-refractivity contribution in [3.63, 3.8) is 0 Å². The molecule has 0 unspecified atom stereocenters. The molecular weight excluding hydrogens is 414 g/mol. The molecule has 3 aromatic rings. The van der Waals surface area contributed by atoms with Crippen LogP contribution in [0.4, 0.5) is 5.69 Å². The average Bonchev–Trinajstić information content (AvgIpc) is 3.40. The molecule has 168 valence electrons. The van der Waals surface area contributed by atoms with Crippen molar-refractivity contribution in [3.05, 3.63) is 63.5 Å². The van der Waals surface area contributed by atoms with Crippen molar-refractivity contribution in [2.45, 2.75) is 26.7 Å². The van der Waals surface area contributed by atoms with Crippen LogP contribution in [-0.4, -0.2) is 63.5 Å². The smallest absolute Gasteiger partial charge is 0.270 e. The second-order valence-electron chi connectivity index (χ2n) is 7.88. The molecule has 0 N–H and O–H groups in total. The highest BCUT2D eigenvalue weighted by Crippen LogP contribution is 2.24. The largest absolute Gasteiger partial charge is 0.441 e. The number of carbonyl (C=O) groups excluding carboxylic acids is 1. The van der Waals surface area contributed by atoms with Crippen LogP contribution in [-0.2, 0) is 17.6 Å². The maximum absolute atomic E-state index is 12.6. The number of amides is 1. The summed E-state index contributed by atoms with van der Waals surface area (Å²) >= 11 is 0. The lowest BCUT2D eigenvalue weighted by Crippen LogP contribution is -2.49. The number of rotatable bonds is 7. The molecular formula is C22H25N5O5. The van der Waals surface area contributed by atoms with Gasteiger partial charge in [0, 0.05) is 62.4 Å². The van der Waals surface area contributed by atoms with Crippen molar-refractivity contribution in [3.8, 4) is 11.3 Å². The maximum atomic E-state index is 12.6. The second kappa shape index (κ2) is 9.31. The van der Waals surface area contributed by atoms with Crippen LogP contribution >= 0.6 is 0 Å². The fraction of sp³-hybridized carbons (Fsp3) is 0.409. The molecule has 4 rings (SSSR count). The van der Waals surface area contributed by atoms with Gasteiger partial charge in [-0.2, -0.15) is 0 Å². The lowest BCUT2D eigenvalue weighted by molar-refractivity contribution is -0.384. The van der Waals surface area contributed by atoms with Gasteiger partial charge in [0.2, 0.25) is 5.91 Å². The Morgan fingerprint density at radius 3 is 2.69 bits per heavy atom. The van der Waals surface area contributed by atoms with Crippen LogP contribution in [0.15, 0.2) is 39.4 Å². The van der Waals surface area contributed by atoms with E-state index in [1.54, 1.807) is 18.3 Å². The Morgan fingerprint density at radius 1 is 1.22 bits per heavy atom. The molecule has 1 aliphatic heterocycles. The Balaban J connectivity index is 1.26. The molecule has 0 saturated carbocycles. The lowest BCUT2D eigenvalue weighted by atomic mass is 10.1. The van der Waals surface area contributed by atoms with Crippen molar-refractivity contribution in [2.75, 3.05) is 32.7 Å². The minimum absolute atomic E-state index is 0.0159. The number of nitro groups is 1. The van der Waals surface area contributed by atoms with Crippen molar-refractivity contribution in [1.29, 1.82) is 0 Å². The highest BCUT2D eigenvalue weighted by molar-refractivity contribution is 5.79. The SMILES string of the molecule is Cc1noc(C)c1CC(=O)N1CCN(CCc2ncc(-c3cccc([N+](=O)[O-])c3)o2)CC1. The van der Waals surface area contributed by atoms with Crippen LogP contribution in [0.5, 0.6) is 0 Å². The molecule has 1 aliphatic rings. The number of carbonyl (C=O) groups is 1. The predicted molar refractivity (Wildman–Crippen MR) is 115 cm³/mol. The Bertz CT molecular complexity index is 1090. The number of nitro benzene ring substituents is 1. The number of piperazine rings is 1. The van der Waals surface area contributed by atoms with Gasteiger partial charge in [0.05, 0.1) is 23.2 Å². The van der Waals surface area contributed by atoms with Crippen LogP contribution in [0.3, 0.4) is 0 Å². The standard InChI is InChI=1S/C22H25N5O5/c1-15-19(16(2)32-24-15)13-22(28)26-10-8-25(9-11-26)7-6-21-23-14-20(31-21)17-4-3-5-18(12-17)27(29)30/h3-5,12,14H,6-11,13H2,1-2H3. The molecule has 0 spiro atoms. The summed E-state index contributed by atoms with van der Waals surface area (Å²) in [5, 5.41) is 14.9. The molecule has 32 heavy (non-hydrogen) atoms. The third kappa shape index (κ3) is 4.86. The summed E-state index contributed by atoms with van der Waals surface area (Å²) in [6, 6.07) is 6.31. The number of nitrogens with zero attached hydrogens (tertiary/aromatic N) is 5. The zero-order valence-corrected chi connectivity index (χ0v) is 18.1. The summed E-state index contributed by atoms with van der Waals surface area (Å²) in [5.74, 6) is 1.89. The average molecular weight is 439 g/mol. The Kier molecular flexibility index (Phi) is 6.31. The number of aromatic nitrogens is 2. The first-order valence-corrected chi connectivity index (χ1v) is 10.5. The van der Waals surface area contributed by atoms with Gasteiger partial charge in [0.1, 0.15) is 5.76 Å². The minimum atomic E-state index is -0.431. The third-order valence-corrected chi connectivity index (χ3v) is 5.77. The molecule has 0 atom stereocenters. The van der Waals surface area contributed by atoms with E-state index >= 15 is 0 Å². The summed E-state index contributed by atoms with van der Waals surface area (Å²) in [6.07, 6.45) is 2.54. The molecule has 2 aromatic heterocycles. The van der Waals surface area contributed by atoms with Gasteiger partial charge >= 0.3 is 0 Å². The number of hydrogen-bond donors (Lipinski definition) is 0. The van der Waals surface area contributed by atoms with Gasteiger partial charge in [0.25, 0.3) is 5.69 Å². The van der Waals surface area contributed by atoms with Crippen molar-refractivity contribution in [1.82, 2.24) is 19.9 Å². The quantitative estimate of drug-likeness (QED) is 0.407. The monoisotopic (exact) mass is 439 g/mol. The third-order valence-electron chi connectivity index (χ3n) is 5.77. The molecule has 0 bridgehead atoms. The first-order valence-electron chi connectivity index (χ1n) is 10.5. The van der Waals surface area contributed by atoms with Crippen LogP contribution in [0, 0.1) is 24.0 Å². The summed E-state index contributed by atoms with van der Waals surface area (Å²) in [5.41, 5.74) is 2.29. The Labute approximate surface area is 185 Å². The number of hydrogen-bond acceptors (Lipinski definition) is 8. The number of aryl methyl sites for hydroxylation is 2. The van der Waals surface area contributed by atoms with Crippen molar-refractivity contribution >= 4 is 11.6 Å². The molecule has 1 aromatic carbocycles. The summed E-state index contributed by atoms with van der Waals surface area (Å²) in [7, 11) is 0. The van der Waals surface area contributed by atoms with Gasteiger partial charge in [-0.1, -0.05) is 17.3 Å². The molecule has 10 heteroatoms. The van der Waals surface area contributed by atoms with Crippen molar-refractivity contribution in [2.24, 2.45) is 0 Å². The highest BCUT2D eigenvalue weighted by Gasteiger charge is 2.23. The normalized spacial score (nSPS) is 14.6. The molecule has 1 amide bonds.